The summed E-state index contributed by atoms with van der Waals surface area (Å²) in [6, 6.07) is 4.95. The molecule has 1 aromatic heterocycles. The number of carbonyl (C=O) groups excluding carboxylic acids is 2. The monoisotopic (exact) mass is 360 g/mol. The van der Waals surface area contributed by atoms with Crippen LogP contribution < -0.4 is 16.0 Å². The Morgan fingerprint density at radius 3 is 2.73 bits per heavy atom. The van der Waals surface area contributed by atoms with Crippen LogP contribution in [0.5, 0.6) is 0 Å². The number of amides is 2. The Labute approximate surface area is 150 Å². The average molecular weight is 360 g/mol. The molecule has 138 valence electrons. The van der Waals surface area contributed by atoms with Gasteiger partial charge in [0.25, 0.3) is 0 Å². The van der Waals surface area contributed by atoms with E-state index in [2.05, 4.69) is 10.5 Å². The number of hydrogen-bond donors (Lipinski definition) is 2. The zero-order valence-corrected chi connectivity index (χ0v) is 14.9. The van der Waals surface area contributed by atoms with Crippen LogP contribution in [-0.2, 0) is 15.0 Å². The van der Waals surface area contributed by atoms with Crippen molar-refractivity contribution in [1.29, 1.82) is 0 Å². The molecule has 7 nitrogen and oxygen atoms in total. The molecule has 1 saturated heterocycles. The second kappa shape index (κ2) is 6.44. The number of nitrogens with one attached hydrogen (secondary N) is 1. The molecule has 1 aliphatic rings. The summed E-state index contributed by atoms with van der Waals surface area (Å²) in [4.78, 5) is 26.2. The van der Waals surface area contributed by atoms with Gasteiger partial charge in [-0.2, -0.15) is 0 Å². The normalized spacial score (nSPS) is 17.6. The molecule has 0 saturated carbocycles. The number of carbonyl (C=O) groups is 2. The Morgan fingerprint density at radius 2 is 2.12 bits per heavy atom. The van der Waals surface area contributed by atoms with E-state index in [-0.39, 0.29) is 29.3 Å². The van der Waals surface area contributed by atoms with Crippen LogP contribution in [0.2, 0.25) is 0 Å². The topological polar surface area (TPSA) is 101 Å². The first-order valence-corrected chi connectivity index (χ1v) is 8.32. The van der Waals surface area contributed by atoms with Gasteiger partial charge in [-0.1, -0.05) is 25.9 Å². The Kier molecular flexibility index (Phi) is 4.43. The van der Waals surface area contributed by atoms with Crippen molar-refractivity contribution in [2.75, 3.05) is 16.0 Å². The summed E-state index contributed by atoms with van der Waals surface area (Å²) in [5.41, 5.74) is 6.24. The van der Waals surface area contributed by atoms with E-state index in [1.165, 1.54) is 17.0 Å². The summed E-state index contributed by atoms with van der Waals surface area (Å²) in [5, 5.41) is 6.59. The number of halogens is 1. The molecule has 26 heavy (non-hydrogen) atoms. The molecule has 0 bridgehead atoms. The maximum atomic E-state index is 13.8. The van der Waals surface area contributed by atoms with Gasteiger partial charge in [0.05, 0.1) is 11.4 Å². The highest BCUT2D eigenvalue weighted by Gasteiger charge is 2.38. The van der Waals surface area contributed by atoms with Crippen LogP contribution in [0.4, 0.5) is 21.6 Å². The standard InChI is InChI=1S/C18H21FN4O3/c1-18(2,3)14-9-15(26-22-14)21-17(25)13-6-7-16(24)23(13)10-4-5-12(20)11(19)8-10/h4-5,8-9,13H,6-7,20H2,1-3H3,(H,21,25)/t13-/m0/s1. The van der Waals surface area contributed by atoms with Crippen molar-refractivity contribution in [3.8, 4) is 0 Å². The van der Waals surface area contributed by atoms with Crippen LogP contribution in [0.3, 0.4) is 0 Å². The minimum absolute atomic E-state index is 0.0160. The molecule has 2 heterocycles. The number of rotatable bonds is 3. The Morgan fingerprint density at radius 1 is 1.38 bits per heavy atom. The first-order chi connectivity index (χ1) is 12.2. The van der Waals surface area contributed by atoms with E-state index < -0.39 is 17.8 Å². The minimum atomic E-state index is -0.756. The first-order valence-electron chi connectivity index (χ1n) is 8.32. The largest absolute Gasteiger partial charge is 0.396 e. The predicted octanol–water partition coefficient (Wildman–Crippen LogP) is 2.83. The first kappa shape index (κ1) is 17.9. The van der Waals surface area contributed by atoms with Gasteiger partial charge in [0.2, 0.25) is 17.7 Å². The van der Waals surface area contributed by atoms with Crippen molar-refractivity contribution in [2.24, 2.45) is 0 Å². The fourth-order valence-electron chi connectivity index (χ4n) is 2.81. The van der Waals surface area contributed by atoms with Gasteiger partial charge in [-0.3, -0.25) is 19.8 Å². The second-order valence-corrected chi connectivity index (χ2v) is 7.34. The molecule has 2 amide bonds. The van der Waals surface area contributed by atoms with Crippen LogP contribution in [-0.4, -0.2) is 23.0 Å². The highest BCUT2D eigenvalue weighted by Crippen LogP contribution is 2.30. The van der Waals surface area contributed by atoms with E-state index in [0.717, 1.165) is 6.07 Å². The zero-order chi connectivity index (χ0) is 19.1. The van der Waals surface area contributed by atoms with E-state index in [1.54, 1.807) is 6.07 Å². The summed E-state index contributed by atoms with van der Waals surface area (Å²) >= 11 is 0. The van der Waals surface area contributed by atoms with E-state index in [0.29, 0.717) is 17.8 Å². The number of anilines is 3. The molecule has 1 aliphatic heterocycles. The Hall–Kier alpha value is -2.90. The average Bonchev–Trinajstić information content (AvgIpc) is 3.16. The van der Waals surface area contributed by atoms with Crippen molar-refractivity contribution >= 4 is 29.1 Å². The minimum Gasteiger partial charge on any atom is -0.396 e. The van der Waals surface area contributed by atoms with Crippen LogP contribution in [0, 0.1) is 5.82 Å². The van der Waals surface area contributed by atoms with Crippen molar-refractivity contribution in [3.05, 3.63) is 35.8 Å². The lowest BCUT2D eigenvalue weighted by molar-refractivity contribution is -0.120. The number of nitrogens with zero attached hydrogens (tertiary/aromatic N) is 2. The van der Waals surface area contributed by atoms with Crippen molar-refractivity contribution in [3.63, 3.8) is 0 Å². The summed E-state index contributed by atoms with van der Waals surface area (Å²) < 4.78 is 18.9. The van der Waals surface area contributed by atoms with Crippen LogP contribution in [0.1, 0.15) is 39.3 Å². The summed E-state index contributed by atoms with van der Waals surface area (Å²) in [7, 11) is 0. The highest BCUT2D eigenvalue weighted by molar-refractivity contribution is 6.07. The Bertz CT molecular complexity index is 856. The van der Waals surface area contributed by atoms with Crippen molar-refractivity contribution in [1.82, 2.24) is 5.16 Å². The third kappa shape index (κ3) is 3.40. The number of hydrogen-bond acceptors (Lipinski definition) is 5. The molecule has 0 aliphatic carbocycles. The molecule has 0 radical (unpaired) electrons. The number of benzene rings is 1. The smallest absolute Gasteiger partial charge is 0.249 e. The van der Waals surface area contributed by atoms with Gasteiger partial charge in [0.15, 0.2) is 0 Å². The maximum Gasteiger partial charge on any atom is 0.249 e. The molecular formula is C18H21FN4O3. The van der Waals surface area contributed by atoms with Crippen LogP contribution in [0.15, 0.2) is 28.8 Å². The van der Waals surface area contributed by atoms with E-state index in [9.17, 15) is 14.0 Å². The van der Waals surface area contributed by atoms with Gasteiger partial charge in [0.1, 0.15) is 11.9 Å². The van der Waals surface area contributed by atoms with Gasteiger partial charge in [0, 0.05) is 23.6 Å². The van der Waals surface area contributed by atoms with Gasteiger partial charge in [-0.15, -0.1) is 0 Å². The molecular weight excluding hydrogens is 339 g/mol. The zero-order valence-electron chi connectivity index (χ0n) is 14.9. The summed E-state index contributed by atoms with van der Waals surface area (Å²) in [6.45, 7) is 5.93. The molecule has 0 spiro atoms. The lowest BCUT2D eigenvalue weighted by Gasteiger charge is -2.24. The molecule has 3 N–H and O–H groups in total. The molecule has 0 unspecified atom stereocenters. The molecule has 2 aromatic rings. The van der Waals surface area contributed by atoms with Gasteiger partial charge < -0.3 is 10.3 Å². The molecule has 1 fully saturated rings. The van der Waals surface area contributed by atoms with Gasteiger partial charge in [-0.05, 0) is 24.6 Å². The van der Waals surface area contributed by atoms with Crippen LogP contribution in [0.25, 0.3) is 0 Å². The fraction of sp³-hybridized carbons (Fsp3) is 0.389. The number of aromatic nitrogens is 1. The molecule has 8 heteroatoms. The van der Waals surface area contributed by atoms with E-state index >= 15 is 0 Å². The molecule has 1 atom stereocenters. The fourth-order valence-corrected chi connectivity index (χ4v) is 2.81. The lowest BCUT2D eigenvalue weighted by atomic mass is 9.92. The molecule has 3 rings (SSSR count). The second-order valence-electron chi connectivity index (χ2n) is 7.34. The number of nitrogens with two attached hydrogens (primary N) is 1. The van der Waals surface area contributed by atoms with Crippen LogP contribution >= 0.6 is 0 Å². The highest BCUT2D eigenvalue weighted by atomic mass is 19.1. The van der Waals surface area contributed by atoms with Crippen molar-refractivity contribution in [2.45, 2.75) is 45.1 Å². The quantitative estimate of drug-likeness (QED) is 0.820. The molecule has 1 aromatic carbocycles. The van der Waals surface area contributed by atoms with Crippen molar-refractivity contribution < 1.29 is 18.5 Å². The number of nitrogen functional groups attached to an aromatic ring is 1. The third-order valence-electron chi connectivity index (χ3n) is 4.30. The van der Waals surface area contributed by atoms with E-state index in [1.807, 2.05) is 20.8 Å². The summed E-state index contributed by atoms with van der Waals surface area (Å²) in [6.07, 6.45) is 0.532. The van der Waals surface area contributed by atoms with Gasteiger partial charge >= 0.3 is 0 Å². The summed E-state index contributed by atoms with van der Waals surface area (Å²) in [5.74, 6) is -1.08. The third-order valence-corrected chi connectivity index (χ3v) is 4.30. The maximum absolute atomic E-state index is 13.8. The SMILES string of the molecule is CC(C)(C)c1cc(NC(=O)[C@@H]2CCC(=O)N2c2ccc(N)c(F)c2)on1. The predicted molar refractivity (Wildman–Crippen MR) is 95.2 cm³/mol. The Balaban J connectivity index is 1.80. The lowest BCUT2D eigenvalue weighted by Crippen LogP contribution is -2.41. The van der Waals surface area contributed by atoms with Gasteiger partial charge in [-0.25, -0.2) is 4.39 Å². The van der Waals surface area contributed by atoms with E-state index in [4.69, 9.17) is 10.3 Å².